The highest BCUT2D eigenvalue weighted by molar-refractivity contribution is 6.10. The van der Waals surface area contributed by atoms with Gasteiger partial charge in [-0.3, -0.25) is 14.5 Å². The number of nitrogens with zero attached hydrogens (tertiary/aromatic N) is 1. The number of imide groups is 1. The van der Waals surface area contributed by atoms with E-state index in [1.54, 1.807) is 18.2 Å². The molecule has 2 fully saturated rings. The Hall–Kier alpha value is -2.77. The third-order valence-corrected chi connectivity index (χ3v) is 5.36. The maximum absolute atomic E-state index is 12.8. The van der Waals surface area contributed by atoms with E-state index in [4.69, 9.17) is 9.47 Å². The summed E-state index contributed by atoms with van der Waals surface area (Å²) in [5, 5.41) is 5.50. The Morgan fingerprint density at radius 2 is 1.96 bits per heavy atom. The monoisotopic (exact) mass is 375 g/mol. The molecule has 1 heterocycles. The molecule has 8 nitrogen and oxygen atoms in total. The van der Waals surface area contributed by atoms with Gasteiger partial charge >= 0.3 is 6.03 Å². The van der Waals surface area contributed by atoms with Gasteiger partial charge in [0.1, 0.15) is 23.6 Å². The Kier molecular flexibility index (Phi) is 5.25. The summed E-state index contributed by atoms with van der Waals surface area (Å²) < 4.78 is 10.4. The topological polar surface area (TPSA) is 97.0 Å². The summed E-state index contributed by atoms with van der Waals surface area (Å²) in [5.74, 6) is 0.757. The molecule has 0 aromatic heterocycles. The Labute approximate surface area is 158 Å². The quantitative estimate of drug-likeness (QED) is 0.769. The van der Waals surface area contributed by atoms with E-state index < -0.39 is 17.5 Å². The Morgan fingerprint density at radius 3 is 2.59 bits per heavy atom. The first-order chi connectivity index (χ1) is 12.9. The summed E-state index contributed by atoms with van der Waals surface area (Å²) in [4.78, 5) is 38.6. The number of hydrogen-bond donors (Lipinski definition) is 2. The number of rotatable bonds is 5. The molecule has 4 amide bonds. The van der Waals surface area contributed by atoms with E-state index in [1.807, 2.05) is 0 Å². The average molecular weight is 375 g/mol. The van der Waals surface area contributed by atoms with Gasteiger partial charge in [0.25, 0.3) is 5.91 Å². The van der Waals surface area contributed by atoms with E-state index in [0.29, 0.717) is 35.9 Å². The van der Waals surface area contributed by atoms with Crippen LogP contribution in [0.15, 0.2) is 18.2 Å². The molecule has 1 saturated carbocycles. The lowest BCUT2D eigenvalue weighted by Gasteiger charge is -2.33. The van der Waals surface area contributed by atoms with Crippen molar-refractivity contribution in [3.8, 4) is 11.5 Å². The third kappa shape index (κ3) is 3.70. The second kappa shape index (κ2) is 7.46. The number of anilines is 1. The second-order valence-corrected chi connectivity index (χ2v) is 7.20. The lowest BCUT2D eigenvalue weighted by atomic mass is 9.77. The molecule has 8 heteroatoms. The van der Waals surface area contributed by atoms with Crippen LogP contribution in [0.2, 0.25) is 0 Å². The van der Waals surface area contributed by atoms with Crippen LogP contribution in [0.5, 0.6) is 11.5 Å². The summed E-state index contributed by atoms with van der Waals surface area (Å²) in [6.45, 7) is 1.79. The van der Waals surface area contributed by atoms with Gasteiger partial charge < -0.3 is 20.1 Å². The van der Waals surface area contributed by atoms with Gasteiger partial charge in [0.15, 0.2) is 0 Å². The van der Waals surface area contributed by atoms with Crippen LogP contribution in [-0.2, 0) is 9.59 Å². The highest BCUT2D eigenvalue weighted by Gasteiger charge is 2.52. The van der Waals surface area contributed by atoms with Crippen molar-refractivity contribution in [2.45, 2.75) is 38.1 Å². The second-order valence-electron chi connectivity index (χ2n) is 7.20. The van der Waals surface area contributed by atoms with Crippen LogP contribution in [0, 0.1) is 5.92 Å². The van der Waals surface area contributed by atoms with Crippen molar-refractivity contribution in [2.75, 3.05) is 26.1 Å². The van der Waals surface area contributed by atoms with Crippen molar-refractivity contribution in [1.82, 2.24) is 10.2 Å². The number of urea groups is 1. The predicted octanol–water partition coefficient (Wildman–Crippen LogP) is 2.14. The molecule has 27 heavy (non-hydrogen) atoms. The van der Waals surface area contributed by atoms with E-state index in [9.17, 15) is 14.4 Å². The summed E-state index contributed by atoms with van der Waals surface area (Å²) in [6.07, 6.45) is 2.99. The first-order valence-electron chi connectivity index (χ1n) is 9.04. The van der Waals surface area contributed by atoms with Crippen molar-refractivity contribution in [1.29, 1.82) is 0 Å². The van der Waals surface area contributed by atoms with Crippen LogP contribution in [-0.4, -0.2) is 49.0 Å². The molecule has 0 atom stereocenters. The molecule has 1 aliphatic carbocycles. The molecule has 1 aromatic rings. The molecular formula is C19H25N3O5. The standard InChI is InChI=1S/C19H25N3O5/c1-12-6-8-19(9-7-12)17(24)22(18(25)21-19)11-16(23)20-14-10-13(26-2)4-5-15(14)27-3/h4-5,10,12H,6-9,11H2,1-3H3,(H,20,23)(H,21,25). The van der Waals surface area contributed by atoms with Gasteiger partial charge in [0.05, 0.1) is 19.9 Å². The Bertz CT molecular complexity index is 756. The molecule has 1 aliphatic heterocycles. The lowest BCUT2D eigenvalue weighted by Crippen LogP contribution is -2.49. The number of amides is 4. The first kappa shape index (κ1) is 19.0. The molecule has 146 valence electrons. The van der Waals surface area contributed by atoms with E-state index in [2.05, 4.69) is 17.6 Å². The molecular weight excluding hydrogens is 350 g/mol. The molecule has 1 saturated heterocycles. The number of hydrogen-bond acceptors (Lipinski definition) is 5. The minimum atomic E-state index is -0.850. The summed E-state index contributed by atoms with van der Waals surface area (Å²) >= 11 is 0. The fourth-order valence-electron chi connectivity index (χ4n) is 3.66. The van der Waals surface area contributed by atoms with Crippen LogP contribution in [0.3, 0.4) is 0 Å². The average Bonchev–Trinajstić information content (AvgIpc) is 2.88. The molecule has 3 rings (SSSR count). The maximum Gasteiger partial charge on any atom is 0.325 e. The van der Waals surface area contributed by atoms with Crippen LogP contribution in [0.1, 0.15) is 32.6 Å². The fraction of sp³-hybridized carbons (Fsp3) is 0.526. The number of methoxy groups -OCH3 is 2. The van der Waals surface area contributed by atoms with Crippen LogP contribution < -0.4 is 20.1 Å². The zero-order chi connectivity index (χ0) is 19.6. The molecule has 2 N–H and O–H groups in total. The van der Waals surface area contributed by atoms with Gasteiger partial charge in [-0.25, -0.2) is 4.79 Å². The van der Waals surface area contributed by atoms with Crippen LogP contribution in [0.4, 0.5) is 10.5 Å². The number of carbonyl (C=O) groups is 3. The van der Waals surface area contributed by atoms with Gasteiger partial charge in [0.2, 0.25) is 5.91 Å². The van der Waals surface area contributed by atoms with E-state index in [0.717, 1.165) is 17.7 Å². The molecule has 0 radical (unpaired) electrons. The summed E-state index contributed by atoms with van der Waals surface area (Å²) in [7, 11) is 3.01. The van der Waals surface area contributed by atoms with Crippen molar-refractivity contribution in [3.63, 3.8) is 0 Å². The summed E-state index contributed by atoms with van der Waals surface area (Å²) in [6, 6.07) is 4.48. The van der Waals surface area contributed by atoms with E-state index >= 15 is 0 Å². The van der Waals surface area contributed by atoms with Gasteiger partial charge in [-0.1, -0.05) is 6.92 Å². The van der Waals surface area contributed by atoms with Gasteiger partial charge in [-0.05, 0) is 43.7 Å². The molecule has 0 unspecified atom stereocenters. The first-order valence-corrected chi connectivity index (χ1v) is 9.04. The number of nitrogens with one attached hydrogen (secondary N) is 2. The van der Waals surface area contributed by atoms with E-state index in [-0.39, 0.29) is 12.5 Å². The molecule has 0 bridgehead atoms. The molecule has 1 spiro atoms. The zero-order valence-electron chi connectivity index (χ0n) is 15.8. The van der Waals surface area contributed by atoms with Gasteiger partial charge in [0, 0.05) is 6.07 Å². The highest BCUT2D eigenvalue weighted by atomic mass is 16.5. The normalized spacial score (nSPS) is 24.7. The van der Waals surface area contributed by atoms with Gasteiger partial charge in [-0.2, -0.15) is 0 Å². The predicted molar refractivity (Wildman–Crippen MR) is 98.8 cm³/mol. The minimum Gasteiger partial charge on any atom is -0.497 e. The van der Waals surface area contributed by atoms with Crippen LogP contribution in [0.25, 0.3) is 0 Å². The van der Waals surface area contributed by atoms with Crippen molar-refractivity contribution in [3.05, 3.63) is 18.2 Å². The van der Waals surface area contributed by atoms with E-state index in [1.165, 1.54) is 14.2 Å². The Morgan fingerprint density at radius 1 is 1.26 bits per heavy atom. The highest BCUT2D eigenvalue weighted by Crippen LogP contribution is 2.36. The molecule has 1 aromatic carbocycles. The van der Waals surface area contributed by atoms with Crippen molar-refractivity contribution < 1.29 is 23.9 Å². The maximum atomic E-state index is 12.8. The van der Waals surface area contributed by atoms with Crippen molar-refractivity contribution >= 4 is 23.5 Å². The smallest absolute Gasteiger partial charge is 0.325 e. The minimum absolute atomic E-state index is 0.313. The number of ether oxygens (including phenoxy) is 2. The molecule has 2 aliphatic rings. The number of benzene rings is 1. The Balaban J connectivity index is 1.69. The third-order valence-electron chi connectivity index (χ3n) is 5.36. The van der Waals surface area contributed by atoms with Crippen molar-refractivity contribution in [2.24, 2.45) is 5.92 Å². The largest absolute Gasteiger partial charge is 0.497 e. The fourth-order valence-corrected chi connectivity index (χ4v) is 3.66. The van der Waals surface area contributed by atoms with Gasteiger partial charge in [-0.15, -0.1) is 0 Å². The summed E-state index contributed by atoms with van der Waals surface area (Å²) in [5.41, 5.74) is -0.438. The SMILES string of the molecule is COc1ccc(OC)c(NC(=O)CN2C(=O)NC3(CCC(C)CC3)C2=O)c1. The number of carbonyl (C=O) groups excluding carboxylic acids is 3. The zero-order valence-corrected chi connectivity index (χ0v) is 15.8. The van der Waals surface area contributed by atoms with Crippen LogP contribution >= 0.6 is 0 Å². The lowest BCUT2D eigenvalue weighted by molar-refractivity contribution is -0.135.